The molecule has 0 N–H and O–H groups in total. The monoisotopic (exact) mass is 253 g/mol. The third-order valence-corrected chi connectivity index (χ3v) is 3.90. The Balaban J connectivity index is 1.85. The second kappa shape index (κ2) is 3.80. The normalized spacial score (nSPS) is 22.5. The summed E-state index contributed by atoms with van der Waals surface area (Å²) in [7, 11) is 0. The van der Waals surface area contributed by atoms with Crippen LogP contribution in [-0.4, -0.2) is 19.7 Å². The predicted molar refractivity (Wildman–Crippen MR) is 66.6 cm³/mol. The first-order valence-corrected chi connectivity index (χ1v) is 6.26. The van der Waals surface area contributed by atoms with Gasteiger partial charge in [0.2, 0.25) is 0 Å². The van der Waals surface area contributed by atoms with E-state index in [9.17, 15) is 0 Å². The molecule has 0 amide bonds. The number of aromatic nitrogens is 4. The molecule has 7 heteroatoms. The fourth-order valence-electron chi connectivity index (χ4n) is 2.99. The molecule has 0 bridgehead atoms. The van der Waals surface area contributed by atoms with Crippen molar-refractivity contribution in [2.75, 3.05) is 0 Å². The summed E-state index contributed by atoms with van der Waals surface area (Å²) < 4.78 is 1.88. The summed E-state index contributed by atoms with van der Waals surface area (Å²) in [6, 6.07) is 0. The van der Waals surface area contributed by atoms with Crippen LogP contribution in [0.1, 0.15) is 29.3 Å². The molecule has 2 aromatic heterocycles. The number of hydrogen-bond acceptors (Lipinski definition) is 4. The van der Waals surface area contributed by atoms with E-state index in [1.54, 1.807) is 18.6 Å². The van der Waals surface area contributed by atoms with Crippen molar-refractivity contribution in [3.05, 3.63) is 46.0 Å². The van der Waals surface area contributed by atoms with Gasteiger partial charge in [-0.1, -0.05) is 5.11 Å². The van der Waals surface area contributed by atoms with Gasteiger partial charge < -0.3 is 0 Å². The van der Waals surface area contributed by atoms with E-state index in [2.05, 4.69) is 25.1 Å². The van der Waals surface area contributed by atoms with Gasteiger partial charge in [-0.15, -0.1) is 0 Å². The molecule has 0 unspecified atom stereocenters. The van der Waals surface area contributed by atoms with Gasteiger partial charge in [0.25, 0.3) is 0 Å². The van der Waals surface area contributed by atoms with E-state index in [-0.39, 0.29) is 0 Å². The zero-order valence-corrected chi connectivity index (χ0v) is 10.1. The molecule has 7 nitrogen and oxygen atoms in total. The smallest absolute Gasteiger partial charge is 0.172 e. The highest BCUT2D eigenvalue weighted by Gasteiger charge is 2.49. The highest BCUT2D eigenvalue weighted by Crippen LogP contribution is 2.57. The van der Waals surface area contributed by atoms with E-state index in [0.29, 0.717) is 12.5 Å². The van der Waals surface area contributed by atoms with E-state index in [1.165, 1.54) is 17.7 Å². The maximum absolute atomic E-state index is 8.46. The van der Waals surface area contributed by atoms with Crippen LogP contribution in [-0.2, 0) is 13.0 Å². The average molecular weight is 253 g/mol. The lowest BCUT2D eigenvalue weighted by Crippen LogP contribution is -2.04. The second-order valence-corrected chi connectivity index (χ2v) is 4.98. The summed E-state index contributed by atoms with van der Waals surface area (Å²) in [5.41, 5.74) is 11.8. The summed E-state index contributed by atoms with van der Waals surface area (Å²) in [5, 5.41) is 8.20. The highest BCUT2D eigenvalue weighted by atomic mass is 15.3. The predicted octanol–water partition coefficient (Wildman–Crippen LogP) is 2.13. The Morgan fingerprint density at radius 3 is 3.21 bits per heavy atom. The van der Waals surface area contributed by atoms with Crippen LogP contribution in [0.5, 0.6) is 0 Å². The van der Waals surface area contributed by atoms with Crippen molar-refractivity contribution < 1.29 is 0 Å². The molecule has 94 valence electrons. The molecule has 1 fully saturated rings. The lowest BCUT2D eigenvalue weighted by atomic mass is 10.1. The number of rotatable bonds is 3. The van der Waals surface area contributed by atoms with Crippen LogP contribution in [0.2, 0.25) is 0 Å². The molecular weight excluding hydrogens is 242 g/mol. The van der Waals surface area contributed by atoms with Gasteiger partial charge in [-0.3, -0.25) is 4.98 Å². The quantitative estimate of drug-likeness (QED) is 0.476. The lowest BCUT2D eigenvalue weighted by molar-refractivity contribution is 0.742. The van der Waals surface area contributed by atoms with Gasteiger partial charge in [0.15, 0.2) is 5.82 Å². The fraction of sp³-hybridized carbons (Fsp3) is 0.417. The van der Waals surface area contributed by atoms with E-state index in [1.807, 2.05) is 4.68 Å². The van der Waals surface area contributed by atoms with Gasteiger partial charge in [-0.05, 0) is 29.9 Å². The fourth-order valence-corrected chi connectivity index (χ4v) is 2.99. The van der Waals surface area contributed by atoms with Crippen molar-refractivity contribution in [1.82, 2.24) is 19.7 Å². The topological polar surface area (TPSA) is 92.4 Å². The molecule has 2 aromatic rings. The van der Waals surface area contributed by atoms with E-state index < -0.39 is 0 Å². The first-order valence-electron chi connectivity index (χ1n) is 6.26. The largest absolute Gasteiger partial charge is 0.259 e. The minimum Gasteiger partial charge on any atom is -0.259 e. The van der Waals surface area contributed by atoms with Crippen LogP contribution in [0.3, 0.4) is 0 Å². The average Bonchev–Trinajstić information content (AvgIpc) is 2.97. The van der Waals surface area contributed by atoms with Gasteiger partial charge in [0.05, 0.1) is 24.1 Å². The van der Waals surface area contributed by atoms with Crippen LogP contribution in [0.25, 0.3) is 16.3 Å². The third kappa shape index (κ3) is 1.52. The Morgan fingerprint density at radius 1 is 1.47 bits per heavy atom. The summed E-state index contributed by atoms with van der Waals surface area (Å²) in [4.78, 5) is 11.2. The Hall–Kier alpha value is -2.40. The van der Waals surface area contributed by atoms with Crippen LogP contribution < -0.4 is 0 Å². The van der Waals surface area contributed by atoms with Crippen molar-refractivity contribution in [1.29, 1.82) is 0 Å². The molecular formula is C12H11N7. The van der Waals surface area contributed by atoms with Crippen molar-refractivity contribution >= 4 is 0 Å². The van der Waals surface area contributed by atoms with Crippen molar-refractivity contribution in [2.45, 2.75) is 25.3 Å². The number of nitrogens with zero attached hydrogens (tertiary/aromatic N) is 7. The zero-order chi connectivity index (χ0) is 12.8. The Morgan fingerprint density at radius 2 is 2.42 bits per heavy atom. The summed E-state index contributed by atoms with van der Waals surface area (Å²) in [6.07, 6.45) is 7.31. The van der Waals surface area contributed by atoms with Crippen LogP contribution in [0.15, 0.2) is 23.7 Å². The molecule has 2 atom stereocenters. The lowest BCUT2D eigenvalue weighted by Gasteiger charge is -2.03. The minimum absolute atomic E-state index is 0.311. The van der Waals surface area contributed by atoms with Gasteiger partial charge in [0, 0.05) is 23.2 Å². The summed E-state index contributed by atoms with van der Waals surface area (Å²) in [5.74, 6) is 2.09. The van der Waals surface area contributed by atoms with Gasteiger partial charge in [0.1, 0.15) is 0 Å². The minimum atomic E-state index is 0.311. The van der Waals surface area contributed by atoms with Crippen molar-refractivity contribution in [3.8, 4) is 5.82 Å². The van der Waals surface area contributed by atoms with Gasteiger partial charge in [-0.2, -0.15) is 5.10 Å². The Bertz CT molecular complexity index is 684. The van der Waals surface area contributed by atoms with E-state index >= 15 is 0 Å². The number of fused-ring (bicyclic) bond motifs is 3. The van der Waals surface area contributed by atoms with Crippen molar-refractivity contribution in [2.24, 2.45) is 11.0 Å². The maximum atomic E-state index is 8.46. The van der Waals surface area contributed by atoms with Crippen LogP contribution in [0.4, 0.5) is 0 Å². The van der Waals surface area contributed by atoms with Crippen LogP contribution in [0, 0.1) is 5.92 Å². The summed E-state index contributed by atoms with van der Waals surface area (Å²) in [6.45, 7) is 0.311. The third-order valence-electron chi connectivity index (χ3n) is 3.90. The van der Waals surface area contributed by atoms with Gasteiger partial charge >= 0.3 is 0 Å². The van der Waals surface area contributed by atoms with E-state index in [4.69, 9.17) is 5.53 Å². The molecule has 0 saturated heterocycles. The number of hydrogen-bond donors (Lipinski definition) is 0. The van der Waals surface area contributed by atoms with Crippen LogP contribution >= 0.6 is 0 Å². The number of azide groups is 1. The van der Waals surface area contributed by atoms with Crippen molar-refractivity contribution in [3.63, 3.8) is 0 Å². The van der Waals surface area contributed by atoms with E-state index in [0.717, 1.165) is 23.9 Å². The molecule has 0 radical (unpaired) electrons. The summed E-state index contributed by atoms with van der Waals surface area (Å²) >= 11 is 0. The maximum Gasteiger partial charge on any atom is 0.172 e. The second-order valence-electron chi connectivity index (χ2n) is 4.98. The molecule has 0 spiro atoms. The first kappa shape index (κ1) is 10.5. The molecule has 0 aromatic carbocycles. The molecule has 2 aliphatic carbocycles. The molecule has 2 heterocycles. The molecule has 2 aliphatic rings. The molecule has 19 heavy (non-hydrogen) atoms. The molecule has 1 saturated carbocycles. The standard InChI is InChI=1S/C12H11N7/c13-18-16-5-10-9-4-7-3-8(7)12(9)19(17-10)11-6-14-1-2-15-11/h1-2,6-8H,3-5H2/t7-,8-/m0/s1. The van der Waals surface area contributed by atoms with Gasteiger partial charge in [-0.25, -0.2) is 9.67 Å². The zero-order valence-electron chi connectivity index (χ0n) is 10.1. The Labute approximate surface area is 108 Å². The molecule has 0 aliphatic heterocycles. The molecule has 4 rings (SSSR count). The Kier molecular flexibility index (Phi) is 2.10. The highest BCUT2D eigenvalue weighted by molar-refractivity contribution is 5.43. The first-order chi connectivity index (χ1) is 9.38. The SMILES string of the molecule is [N-]=[N+]=NCc1nn(-c2cnccn2)c2c1C[C@@H]1C[C@H]21.